The molecule has 0 unspecified atom stereocenters. The molecule has 3 aliphatic heterocycles. The number of nitrogens with zero attached hydrogens (tertiary/aromatic N) is 2. The van der Waals surface area contributed by atoms with E-state index in [4.69, 9.17) is 32.5 Å². The number of likely N-dealkylation sites (N-methyl/N-ethyl adjacent to an activating group) is 2. The van der Waals surface area contributed by atoms with E-state index < -0.39 is 48.5 Å². The second-order valence-electron chi connectivity index (χ2n) is 10.2. The Morgan fingerprint density at radius 2 is 1.77 bits per heavy atom. The Bertz CT molecular complexity index is 1060. The highest BCUT2D eigenvalue weighted by Gasteiger charge is 2.77. The minimum absolute atomic E-state index is 0.00977. The molecule has 10 nitrogen and oxygen atoms in total. The van der Waals surface area contributed by atoms with Crippen LogP contribution < -0.4 is 10.6 Å². The zero-order valence-corrected chi connectivity index (χ0v) is 21.6. The fourth-order valence-corrected chi connectivity index (χ4v) is 6.04. The van der Waals surface area contributed by atoms with Crippen LogP contribution >= 0.6 is 23.2 Å². The number of rotatable bonds is 7. The van der Waals surface area contributed by atoms with Crippen molar-refractivity contribution in [2.24, 2.45) is 5.92 Å². The first kappa shape index (κ1) is 25.7. The van der Waals surface area contributed by atoms with Gasteiger partial charge in [-0.2, -0.15) is 0 Å². The normalized spacial score (nSPS) is 30.5. The van der Waals surface area contributed by atoms with Crippen molar-refractivity contribution in [2.45, 2.75) is 38.3 Å². The van der Waals surface area contributed by atoms with E-state index >= 15 is 0 Å². The molecule has 1 aromatic carbocycles. The van der Waals surface area contributed by atoms with E-state index in [0.29, 0.717) is 24.5 Å². The second kappa shape index (κ2) is 9.27. The van der Waals surface area contributed by atoms with Crippen LogP contribution in [0.25, 0.3) is 0 Å². The average molecular weight is 527 g/mol. The van der Waals surface area contributed by atoms with Crippen LogP contribution in [0.15, 0.2) is 18.2 Å². The molecule has 3 fully saturated rings. The Kier molecular flexibility index (Phi) is 6.82. The van der Waals surface area contributed by atoms with E-state index in [1.807, 2.05) is 25.8 Å². The minimum atomic E-state index is -2.56. The van der Waals surface area contributed by atoms with Crippen molar-refractivity contribution in [1.82, 2.24) is 15.5 Å². The molecule has 3 atom stereocenters. The van der Waals surface area contributed by atoms with Crippen LogP contribution in [0.4, 0.5) is 0 Å². The maximum absolute atomic E-state index is 13.0. The van der Waals surface area contributed by atoms with Gasteiger partial charge in [0.05, 0.1) is 36.2 Å². The third-order valence-corrected chi connectivity index (χ3v) is 7.93. The summed E-state index contributed by atoms with van der Waals surface area (Å²) in [5, 5.41) is 5.95. The number of hydrogen-bond acceptors (Lipinski definition) is 7. The van der Waals surface area contributed by atoms with Crippen LogP contribution in [-0.2, 0) is 23.7 Å². The number of benzene rings is 1. The molecule has 2 amide bonds. The van der Waals surface area contributed by atoms with Gasteiger partial charge >= 0.3 is 18.6 Å². The SMILES string of the molecule is CC(C)C[C@H](NC(=O)CNC(=O)c1cc(Cl)ccc1Cl)[B-]12OC(=O)[C@@H]3CN(C)C[C@@H](C(=O)O1)[N+]32C. The van der Waals surface area contributed by atoms with Gasteiger partial charge in [-0.25, -0.2) is 9.59 Å². The maximum Gasteiger partial charge on any atom is 0.606 e. The number of halogens is 2. The van der Waals surface area contributed by atoms with Crippen molar-refractivity contribution >= 4 is 53.6 Å². The summed E-state index contributed by atoms with van der Waals surface area (Å²) < 4.78 is 11.8. The summed E-state index contributed by atoms with van der Waals surface area (Å²) in [6.45, 7) is 1.85. The van der Waals surface area contributed by atoms with E-state index in [9.17, 15) is 19.2 Å². The Labute approximate surface area is 213 Å². The number of amides is 2. The summed E-state index contributed by atoms with van der Waals surface area (Å²) in [5.41, 5.74) is 0.143. The molecule has 3 aliphatic rings. The number of nitrogens with one attached hydrogen (secondary N) is 2. The summed E-state index contributed by atoms with van der Waals surface area (Å²) in [6.07, 6.45) is 0.406. The predicted molar refractivity (Wildman–Crippen MR) is 129 cm³/mol. The first-order chi connectivity index (χ1) is 16.4. The van der Waals surface area contributed by atoms with Gasteiger partial charge in [0.1, 0.15) is 0 Å². The van der Waals surface area contributed by atoms with Gasteiger partial charge in [-0.3, -0.25) is 14.5 Å². The highest BCUT2D eigenvalue weighted by atomic mass is 35.5. The van der Waals surface area contributed by atoms with Gasteiger partial charge in [0.15, 0.2) is 12.1 Å². The standard InChI is InChI=1S/C22H29BCl2N4O6/c1-12(2)7-18(27-19(30)9-26-20(31)14-8-13(24)5-6-15(14)25)23-29(4)16(21(32)34-23)10-28(3)11-17(29)22(33)35-23/h5-6,8,12,16-18H,7,9-11H2,1-4H3,(H,26,31)(H,27,30)/t16-,17-,18-,23?,29?/m0/s1. The van der Waals surface area contributed by atoms with E-state index in [2.05, 4.69) is 10.6 Å². The van der Waals surface area contributed by atoms with Crippen molar-refractivity contribution in [2.75, 3.05) is 33.7 Å². The zero-order valence-electron chi connectivity index (χ0n) is 20.0. The number of carbonyl (C=O) groups excluding carboxylic acids is 4. The molecule has 0 radical (unpaired) electrons. The molecule has 13 heteroatoms. The molecule has 1 aromatic rings. The Hall–Kier alpha value is -2.34. The van der Waals surface area contributed by atoms with Gasteiger partial charge in [0.2, 0.25) is 5.91 Å². The summed E-state index contributed by atoms with van der Waals surface area (Å²) in [5.74, 6) is -2.63. The van der Waals surface area contributed by atoms with Crippen molar-refractivity contribution in [3.63, 3.8) is 0 Å². The lowest BCUT2D eigenvalue weighted by molar-refractivity contribution is -0.849. The van der Waals surface area contributed by atoms with Crippen LogP contribution in [0.1, 0.15) is 30.6 Å². The van der Waals surface area contributed by atoms with Gasteiger partial charge in [-0.15, -0.1) is 0 Å². The molecule has 35 heavy (non-hydrogen) atoms. The largest absolute Gasteiger partial charge is 0.606 e. The third kappa shape index (κ3) is 4.28. The highest BCUT2D eigenvalue weighted by Crippen LogP contribution is 2.46. The Morgan fingerprint density at radius 3 is 2.34 bits per heavy atom. The van der Waals surface area contributed by atoms with Gasteiger partial charge in [0.25, 0.3) is 5.91 Å². The van der Waals surface area contributed by atoms with Crippen LogP contribution in [0.3, 0.4) is 0 Å². The van der Waals surface area contributed by atoms with E-state index in [-0.39, 0.29) is 27.4 Å². The van der Waals surface area contributed by atoms with Crippen LogP contribution in [0.5, 0.6) is 0 Å². The molecule has 4 rings (SSSR count). The first-order valence-electron chi connectivity index (χ1n) is 11.6. The molecule has 0 saturated carbocycles. The van der Waals surface area contributed by atoms with Gasteiger partial charge < -0.3 is 24.3 Å². The molecule has 3 heterocycles. The minimum Gasteiger partial charge on any atom is -0.599 e. The summed E-state index contributed by atoms with van der Waals surface area (Å²) in [7, 11) is 3.65. The maximum atomic E-state index is 13.0. The Morgan fingerprint density at radius 1 is 1.17 bits per heavy atom. The molecule has 0 aromatic heterocycles. The van der Waals surface area contributed by atoms with Crippen LogP contribution in [-0.4, -0.2) is 91.5 Å². The lowest BCUT2D eigenvalue weighted by Crippen LogP contribution is -2.78. The number of carbonyl (C=O) groups is 4. The third-order valence-electron chi connectivity index (χ3n) is 7.36. The second-order valence-corrected chi connectivity index (χ2v) is 11.0. The molecular weight excluding hydrogens is 498 g/mol. The number of quaternary nitrogens is 1. The fourth-order valence-electron chi connectivity index (χ4n) is 5.66. The van der Waals surface area contributed by atoms with Crippen LogP contribution in [0, 0.1) is 5.92 Å². The molecule has 3 saturated heterocycles. The zero-order chi connectivity index (χ0) is 25.7. The van der Waals surface area contributed by atoms with Crippen molar-refractivity contribution in [3.05, 3.63) is 33.8 Å². The van der Waals surface area contributed by atoms with Crippen molar-refractivity contribution in [3.8, 4) is 0 Å². The summed E-state index contributed by atoms with van der Waals surface area (Å²) >= 11 is 12.0. The van der Waals surface area contributed by atoms with Crippen molar-refractivity contribution < 1.29 is 32.9 Å². The van der Waals surface area contributed by atoms with E-state index in [1.54, 1.807) is 13.1 Å². The first-order valence-corrected chi connectivity index (χ1v) is 12.3. The smallest absolute Gasteiger partial charge is 0.599 e. The van der Waals surface area contributed by atoms with E-state index in [1.165, 1.54) is 12.1 Å². The Balaban J connectivity index is 1.55. The number of piperazine rings is 1. The van der Waals surface area contributed by atoms with Crippen molar-refractivity contribution in [1.29, 1.82) is 0 Å². The van der Waals surface area contributed by atoms with Gasteiger partial charge in [-0.05, 0) is 37.6 Å². The fraction of sp³-hybridized carbons (Fsp3) is 0.545. The topological polar surface area (TPSA) is 114 Å². The lowest BCUT2D eigenvalue weighted by atomic mass is 9.56. The average Bonchev–Trinajstić information content (AvgIpc) is 3.13. The van der Waals surface area contributed by atoms with E-state index in [0.717, 1.165) is 0 Å². The molecular formula is C22H29BCl2N4O6. The number of hydrogen-bond donors (Lipinski definition) is 2. The van der Waals surface area contributed by atoms with Gasteiger partial charge in [0, 0.05) is 12.1 Å². The van der Waals surface area contributed by atoms with Gasteiger partial charge in [-0.1, -0.05) is 37.0 Å². The molecule has 0 aliphatic carbocycles. The summed E-state index contributed by atoms with van der Waals surface area (Å²) in [4.78, 5) is 53.3. The molecule has 0 spiro atoms. The summed E-state index contributed by atoms with van der Waals surface area (Å²) in [6, 6.07) is 3.27. The quantitative estimate of drug-likeness (QED) is 0.509. The van der Waals surface area contributed by atoms with Crippen LogP contribution in [0.2, 0.25) is 10.0 Å². The predicted octanol–water partition coefficient (Wildman–Crippen LogP) is 0.975. The highest BCUT2D eigenvalue weighted by molar-refractivity contribution is 6.68. The molecule has 2 N–H and O–H groups in total. The monoisotopic (exact) mass is 526 g/mol. The molecule has 190 valence electrons. The molecule has 0 bridgehead atoms. The lowest BCUT2D eigenvalue weighted by Gasteiger charge is -2.53.